The molecule has 2 aliphatic carbocycles. The van der Waals surface area contributed by atoms with Crippen LogP contribution in [0, 0.1) is 23.0 Å². The summed E-state index contributed by atoms with van der Waals surface area (Å²) in [4.78, 5) is 19.9. The number of carbonyl (C=O) groups excluding carboxylic acids is 1. The Hall–Kier alpha value is -4.53. The van der Waals surface area contributed by atoms with Crippen LogP contribution in [0.5, 0.6) is 0 Å². The lowest BCUT2D eigenvalue weighted by Gasteiger charge is -2.36. The first-order valence-corrected chi connectivity index (χ1v) is 14.4. The van der Waals surface area contributed by atoms with Gasteiger partial charge in [0, 0.05) is 54.0 Å². The van der Waals surface area contributed by atoms with E-state index in [-0.39, 0.29) is 42.2 Å². The quantitative estimate of drug-likeness (QED) is 0.309. The molecule has 0 saturated heterocycles. The zero-order chi connectivity index (χ0) is 29.9. The number of nitrogens with zero attached hydrogens (tertiary/aromatic N) is 6. The Morgan fingerprint density at radius 3 is 2.60 bits per heavy atom. The highest BCUT2D eigenvalue weighted by Gasteiger charge is 2.37. The van der Waals surface area contributed by atoms with Crippen LogP contribution in [0.3, 0.4) is 0 Å². The second kappa shape index (κ2) is 10.3. The molecule has 2 aromatic heterocycles. The topological polar surface area (TPSA) is 120 Å². The zero-order valence-corrected chi connectivity index (χ0v) is 23.6. The summed E-state index contributed by atoms with van der Waals surface area (Å²) in [5.41, 5.74) is 2.87. The largest absolute Gasteiger partial charge is 0.389 e. The van der Waals surface area contributed by atoms with Crippen LogP contribution in [-0.2, 0) is 20.1 Å². The van der Waals surface area contributed by atoms with Crippen LogP contribution < -0.4 is 10.2 Å². The number of carbonyl (C=O) groups is 1. The summed E-state index contributed by atoms with van der Waals surface area (Å²) in [5, 5.41) is 31.2. The van der Waals surface area contributed by atoms with Crippen molar-refractivity contribution in [3.8, 4) is 28.6 Å². The summed E-state index contributed by atoms with van der Waals surface area (Å²) < 4.78 is 32.2. The SMILES string of the molecule is Cn1cnnc1-c1cc(C#N)ccc1-c1cc(C2CC2)nc(N2Cc3c(cc(CNCC4(O)CCC4)c(F)c3F)C2=O)c1. The van der Waals surface area contributed by atoms with E-state index in [0.717, 1.165) is 36.1 Å². The van der Waals surface area contributed by atoms with Crippen molar-refractivity contribution in [3.05, 3.63) is 82.3 Å². The monoisotopic (exact) mass is 581 g/mol. The molecule has 0 bridgehead atoms. The van der Waals surface area contributed by atoms with Crippen LogP contribution in [0.15, 0.2) is 42.7 Å². The first-order valence-electron chi connectivity index (χ1n) is 14.4. The van der Waals surface area contributed by atoms with Crippen LogP contribution in [0.25, 0.3) is 22.5 Å². The molecule has 0 spiro atoms. The summed E-state index contributed by atoms with van der Waals surface area (Å²) in [6.07, 6.45) is 5.81. The minimum absolute atomic E-state index is 0.00203. The molecule has 0 unspecified atom stereocenters. The molecular weight excluding hydrogens is 552 g/mol. The van der Waals surface area contributed by atoms with Crippen LogP contribution in [0.4, 0.5) is 14.6 Å². The van der Waals surface area contributed by atoms with Gasteiger partial charge in [0.2, 0.25) is 0 Å². The minimum Gasteiger partial charge on any atom is -0.389 e. The standard InChI is InChI=1S/C32H29F2N7O2/c1-40-17-37-39-30(40)23-9-18(13-35)3-6-22(23)20-11-26(19-4-5-19)38-27(12-20)41-15-25-24(31(41)42)10-21(28(33)29(25)34)14-36-16-32(43)7-2-8-32/h3,6,9-12,17,19,36,43H,2,4-5,7-8,14-16H2,1H3. The predicted molar refractivity (Wildman–Crippen MR) is 154 cm³/mol. The van der Waals surface area contributed by atoms with Gasteiger partial charge in [0.1, 0.15) is 12.1 Å². The summed E-state index contributed by atoms with van der Waals surface area (Å²) in [6, 6.07) is 12.7. The maximum absolute atomic E-state index is 15.4. The van der Waals surface area contributed by atoms with Gasteiger partial charge in [-0.2, -0.15) is 5.26 Å². The Morgan fingerprint density at radius 1 is 1.12 bits per heavy atom. The number of fused-ring (bicyclic) bond motifs is 1. The first-order chi connectivity index (χ1) is 20.7. The minimum atomic E-state index is -1.04. The molecule has 11 heteroatoms. The number of amides is 1. The molecule has 3 aliphatic rings. The summed E-state index contributed by atoms with van der Waals surface area (Å²) in [6.45, 7) is 0.126. The number of aliphatic hydroxyl groups is 1. The van der Waals surface area contributed by atoms with Crippen molar-refractivity contribution < 1.29 is 18.7 Å². The number of benzene rings is 2. The highest BCUT2D eigenvalue weighted by molar-refractivity contribution is 6.10. The Balaban J connectivity index is 1.25. The molecule has 2 saturated carbocycles. The molecule has 1 amide bonds. The molecule has 2 N–H and O–H groups in total. The normalized spacial score (nSPS) is 17.1. The average Bonchev–Trinajstić information content (AvgIpc) is 3.68. The lowest BCUT2D eigenvalue weighted by atomic mass is 9.80. The van der Waals surface area contributed by atoms with Crippen LogP contribution in [0.1, 0.15) is 70.8 Å². The van der Waals surface area contributed by atoms with Crippen LogP contribution in [-0.4, -0.2) is 42.9 Å². The molecule has 3 heterocycles. The number of aryl methyl sites for hydroxylation is 1. The number of rotatable bonds is 8. The lowest BCUT2D eigenvalue weighted by molar-refractivity contribution is -0.0315. The molecule has 218 valence electrons. The fraction of sp³-hybridized carbons (Fsp3) is 0.344. The Bertz CT molecular complexity index is 1820. The van der Waals surface area contributed by atoms with E-state index in [4.69, 9.17) is 4.98 Å². The van der Waals surface area contributed by atoms with E-state index in [1.165, 1.54) is 11.0 Å². The van der Waals surface area contributed by atoms with Crippen LogP contribution >= 0.6 is 0 Å². The Kier molecular flexibility index (Phi) is 6.56. The number of hydrogen-bond acceptors (Lipinski definition) is 7. The highest BCUT2D eigenvalue weighted by Crippen LogP contribution is 2.43. The number of anilines is 1. The third-order valence-electron chi connectivity index (χ3n) is 8.74. The number of nitriles is 1. The molecule has 9 nitrogen and oxygen atoms in total. The second-order valence-electron chi connectivity index (χ2n) is 11.8. The van der Waals surface area contributed by atoms with Gasteiger partial charge in [0.25, 0.3) is 5.91 Å². The van der Waals surface area contributed by atoms with Gasteiger partial charge in [0.15, 0.2) is 17.5 Å². The van der Waals surface area contributed by atoms with Gasteiger partial charge in [-0.05, 0) is 73.6 Å². The molecule has 4 aromatic rings. The lowest BCUT2D eigenvalue weighted by Crippen LogP contribution is -2.46. The highest BCUT2D eigenvalue weighted by atomic mass is 19.2. The third-order valence-corrected chi connectivity index (χ3v) is 8.74. The van der Waals surface area contributed by atoms with Crippen molar-refractivity contribution in [2.45, 2.75) is 56.7 Å². The van der Waals surface area contributed by atoms with Crippen molar-refractivity contribution in [3.63, 3.8) is 0 Å². The van der Waals surface area contributed by atoms with Crippen LogP contribution in [0.2, 0.25) is 0 Å². The van der Waals surface area contributed by atoms with Crippen molar-refractivity contribution in [1.29, 1.82) is 5.26 Å². The zero-order valence-electron chi connectivity index (χ0n) is 23.6. The maximum Gasteiger partial charge on any atom is 0.260 e. The maximum atomic E-state index is 15.4. The number of hydrogen-bond donors (Lipinski definition) is 2. The summed E-state index contributed by atoms with van der Waals surface area (Å²) in [7, 11) is 1.82. The molecule has 0 radical (unpaired) electrons. The van der Waals surface area contributed by atoms with Gasteiger partial charge in [-0.25, -0.2) is 13.8 Å². The second-order valence-corrected chi connectivity index (χ2v) is 11.8. The van der Waals surface area contributed by atoms with Gasteiger partial charge in [-0.1, -0.05) is 6.07 Å². The predicted octanol–water partition coefficient (Wildman–Crippen LogP) is 4.74. The van der Waals surface area contributed by atoms with E-state index in [2.05, 4.69) is 21.6 Å². The smallest absolute Gasteiger partial charge is 0.260 e. The molecule has 0 atom stereocenters. The molecular formula is C32H29F2N7O2. The van der Waals surface area contributed by atoms with Crippen molar-refractivity contribution in [2.75, 3.05) is 11.4 Å². The fourth-order valence-electron chi connectivity index (χ4n) is 5.94. The molecule has 7 rings (SSSR count). The third kappa shape index (κ3) is 4.86. The molecule has 2 aromatic carbocycles. The van der Waals surface area contributed by atoms with Gasteiger partial charge >= 0.3 is 0 Å². The number of pyridine rings is 1. The number of nitrogens with one attached hydrogen (secondary N) is 1. The Labute approximate surface area is 246 Å². The molecule has 43 heavy (non-hydrogen) atoms. The van der Waals surface area contributed by atoms with Gasteiger partial charge < -0.3 is 15.0 Å². The van der Waals surface area contributed by atoms with Crippen molar-refractivity contribution in [1.82, 2.24) is 25.1 Å². The number of aromatic nitrogens is 4. The van der Waals surface area contributed by atoms with E-state index in [1.54, 1.807) is 29.1 Å². The van der Waals surface area contributed by atoms with E-state index >= 15 is 8.78 Å². The van der Waals surface area contributed by atoms with Gasteiger partial charge in [-0.3, -0.25) is 9.69 Å². The van der Waals surface area contributed by atoms with Crippen molar-refractivity contribution >= 4 is 11.7 Å². The van der Waals surface area contributed by atoms with Gasteiger partial charge in [0.05, 0.1) is 23.8 Å². The summed E-state index contributed by atoms with van der Waals surface area (Å²) in [5.74, 6) is -1.32. The van der Waals surface area contributed by atoms with E-state index in [0.29, 0.717) is 35.6 Å². The van der Waals surface area contributed by atoms with E-state index in [1.807, 2.05) is 19.2 Å². The Morgan fingerprint density at radius 2 is 1.93 bits per heavy atom. The molecule has 1 aliphatic heterocycles. The van der Waals surface area contributed by atoms with Gasteiger partial charge in [-0.15, -0.1) is 10.2 Å². The fourth-order valence-corrected chi connectivity index (χ4v) is 5.94. The first kappa shape index (κ1) is 27.3. The van der Waals surface area contributed by atoms with E-state index in [9.17, 15) is 15.2 Å². The molecule has 2 fully saturated rings. The van der Waals surface area contributed by atoms with Crippen molar-refractivity contribution in [2.24, 2.45) is 7.05 Å². The van der Waals surface area contributed by atoms with E-state index < -0.39 is 23.1 Å². The summed E-state index contributed by atoms with van der Waals surface area (Å²) >= 11 is 0. The number of halogens is 2. The average molecular weight is 582 g/mol.